The molecule has 1 aromatic rings. The number of imide groups is 2. The van der Waals surface area contributed by atoms with Gasteiger partial charge in [0, 0.05) is 4.47 Å². The molecule has 1 fully saturated rings. The Bertz CT molecular complexity index is 571. The normalized spacial score (nSPS) is 19.5. The van der Waals surface area contributed by atoms with Crippen LogP contribution in [0.25, 0.3) is 0 Å². The van der Waals surface area contributed by atoms with E-state index in [2.05, 4.69) is 21.2 Å². The van der Waals surface area contributed by atoms with Crippen molar-refractivity contribution in [2.75, 3.05) is 0 Å². The smallest absolute Gasteiger partial charge is 0.277 e. The van der Waals surface area contributed by atoms with Crippen LogP contribution < -0.4 is 5.32 Å². The zero-order chi connectivity index (χ0) is 14.9. The summed E-state index contributed by atoms with van der Waals surface area (Å²) in [6.45, 7) is 3.73. The van der Waals surface area contributed by atoms with E-state index in [1.807, 2.05) is 24.3 Å². The van der Waals surface area contributed by atoms with Crippen molar-refractivity contribution in [3.8, 4) is 0 Å². The van der Waals surface area contributed by atoms with Gasteiger partial charge < -0.3 is 0 Å². The molecule has 5 nitrogen and oxygen atoms in total. The van der Waals surface area contributed by atoms with Crippen molar-refractivity contribution in [2.45, 2.75) is 20.4 Å². The van der Waals surface area contributed by atoms with E-state index < -0.39 is 23.8 Å². The monoisotopic (exact) mass is 338 g/mol. The maximum atomic E-state index is 12.3. The molecule has 0 spiro atoms. The summed E-state index contributed by atoms with van der Waals surface area (Å²) >= 11 is 3.34. The highest BCUT2D eigenvalue weighted by Gasteiger charge is 2.41. The molecule has 0 radical (unpaired) electrons. The van der Waals surface area contributed by atoms with Crippen molar-refractivity contribution in [2.24, 2.45) is 11.8 Å². The molecule has 1 aromatic carbocycles. The van der Waals surface area contributed by atoms with E-state index in [4.69, 9.17) is 0 Å². The van der Waals surface area contributed by atoms with E-state index >= 15 is 0 Å². The van der Waals surface area contributed by atoms with E-state index in [0.29, 0.717) is 0 Å². The lowest BCUT2D eigenvalue weighted by molar-refractivity contribution is -0.144. The van der Waals surface area contributed by atoms with Crippen LogP contribution in [-0.2, 0) is 16.1 Å². The second kappa shape index (κ2) is 5.75. The Kier molecular flexibility index (Phi) is 4.23. The molecule has 4 amide bonds. The summed E-state index contributed by atoms with van der Waals surface area (Å²) in [6, 6.07) is 6.70. The molecule has 1 heterocycles. The number of nitrogens with zero attached hydrogens (tertiary/aromatic N) is 1. The highest BCUT2D eigenvalue weighted by atomic mass is 79.9. The predicted octanol–water partition coefficient (Wildman–Crippen LogP) is 2.30. The van der Waals surface area contributed by atoms with Gasteiger partial charge in [0.1, 0.15) is 5.92 Å². The van der Waals surface area contributed by atoms with E-state index in [1.54, 1.807) is 13.8 Å². The third-order valence-corrected chi connectivity index (χ3v) is 3.68. The molecule has 106 valence electrons. The van der Waals surface area contributed by atoms with Crippen LogP contribution in [0.3, 0.4) is 0 Å². The molecule has 1 unspecified atom stereocenters. The summed E-state index contributed by atoms with van der Waals surface area (Å²) < 4.78 is 0.872. The number of nitrogens with one attached hydrogen (secondary N) is 1. The maximum absolute atomic E-state index is 12.3. The van der Waals surface area contributed by atoms with Crippen LogP contribution in [0, 0.1) is 11.8 Å². The number of carbonyl (C=O) groups is 3. The Morgan fingerprint density at radius 2 is 2.00 bits per heavy atom. The molecule has 20 heavy (non-hydrogen) atoms. The fourth-order valence-electron chi connectivity index (χ4n) is 2.19. The van der Waals surface area contributed by atoms with E-state index in [-0.39, 0.29) is 12.5 Å². The van der Waals surface area contributed by atoms with E-state index in [1.165, 1.54) is 0 Å². The first-order valence-electron chi connectivity index (χ1n) is 6.31. The first-order valence-corrected chi connectivity index (χ1v) is 7.10. The standard InChI is InChI=1S/C14H15BrN2O3/c1-8(2)11-12(18)16-14(20)17(13(11)19)7-9-4-3-5-10(15)6-9/h3-6,8,11H,7H2,1-2H3,(H,16,18,20). The van der Waals surface area contributed by atoms with Crippen molar-refractivity contribution >= 4 is 33.8 Å². The number of rotatable bonds is 3. The fraction of sp³-hybridized carbons (Fsp3) is 0.357. The van der Waals surface area contributed by atoms with Crippen molar-refractivity contribution < 1.29 is 14.4 Å². The molecule has 0 aromatic heterocycles. The molecule has 0 aliphatic carbocycles. The minimum Gasteiger partial charge on any atom is -0.277 e. The molecule has 1 atom stereocenters. The third kappa shape index (κ3) is 2.90. The van der Waals surface area contributed by atoms with Crippen molar-refractivity contribution in [1.29, 1.82) is 0 Å². The van der Waals surface area contributed by atoms with Crippen LogP contribution in [0.1, 0.15) is 19.4 Å². The summed E-state index contributed by atoms with van der Waals surface area (Å²) in [5, 5.41) is 2.24. The topological polar surface area (TPSA) is 66.5 Å². The highest BCUT2D eigenvalue weighted by molar-refractivity contribution is 9.10. The van der Waals surface area contributed by atoms with Crippen molar-refractivity contribution in [3.05, 3.63) is 34.3 Å². The first-order chi connectivity index (χ1) is 9.40. The van der Waals surface area contributed by atoms with Gasteiger partial charge in [-0.05, 0) is 23.6 Å². The lowest BCUT2D eigenvalue weighted by atomic mass is 9.92. The van der Waals surface area contributed by atoms with Gasteiger partial charge in [0.15, 0.2) is 0 Å². The van der Waals surface area contributed by atoms with Crippen molar-refractivity contribution in [3.63, 3.8) is 0 Å². The summed E-state index contributed by atoms with van der Waals surface area (Å²) in [6.07, 6.45) is 0. The second-order valence-corrected chi connectivity index (χ2v) is 5.99. The summed E-state index contributed by atoms with van der Waals surface area (Å²) in [4.78, 5) is 37.0. The molecule has 6 heteroatoms. The fourth-order valence-corrected chi connectivity index (χ4v) is 2.63. The van der Waals surface area contributed by atoms with E-state index in [0.717, 1.165) is 14.9 Å². The Balaban J connectivity index is 2.24. The maximum Gasteiger partial charge on any atom is 0.331 e. The second-order valence-electron chi connectivity index (χ2n) is 5.07. The molecule has 1 aliphatic heterocycles. The van der Waals surface area contributed by atoms with Gasteiger partial charge in [-0.15, -0.1) is 0 Å². The van der Waals surface area contributed by atoms with Crippen LogP contribution in [0.4, 0.5) is 4.79 Å². The average molecular weight is 339 g/mol. The third-order valence-electron chi connectivity index (χ3n) is 3.19. The molecular weight excluding hydrogens is 324 g/mol. The number of amides is 4. The van der Waals surface area contributed by atoms with Crippen LogP contribution in [0.5, 0.6) is 0 Å². The van der Waals surface area contributed by atoms with Gasteiger partial charge in [-0.2, -0.15) is 0 Å². The molecule has 0 saturated carbocycles. The predicted molar refractivity (Wildman–Crippen MR) is 76.6 cm³/mol. The first kappa shape index (κ1) is 14.7. The summed E-state index contributed by atoms with van der Waals surface area (Å²) in [5.74, 6) is -1.91. The number of carbonyl (C=O) groups excluding carboxylic acids is 3. The van der Waals surface area contributed by atoms with Gasteiger partial charge in [-0.1, -0.05) is 41.9 Å². The van der Waals surface area contributed by atoms with Gasteiger partial charge in [-0.3, -0.25) is 19.8 Å². The quantitative estimate of drug-likeness (QED) is 0.860. The average Bonchev–Trinajstić information content (AvgIpc) is 2.33. The minimum absolute atomic E-state index is 0.152. The van der Waals surface area contributed by atoms with Gasteiger partial charge in [-0.25, -0.2) is 4.79 Å². The lowest BCUT2D eigenvalue weighted by Gasteiger charge is -2.31. The van der Waals surface area contributed by atoms with Crippen LogP contribution >= 0.6 is 15.9 Å². The van der Waals surface area contributed by atoms with Gasteiger partial charge in [0.25, 0.3) is 0 Å². The molecule has 0 bridgehead atoms. The number of barbiturate groups is 1. The van der Waals surface area contributed by atoms with Crippen LogP contribution in [0.2, 0.25) is 0 Å². The molecule has 1 N–H and O–H groups in total. The Hall–Kier alpha value is -1.69. The minimum atomic E-state index is -0.806. The largest absolute Gasteiger partial charge is 0.331 e. The summed E-state index contributed by atoms with van der Waals surface area (Å²) in [7, 11) is 0. The SMILES string of the molecule is CC(C)C1C(=O)NC(=O)N(Cc2cccc(Br)c2)C1=O. The highest BCUT2D eigenvalue weighted by Crippen LogP contribution is 2.21. The zero-order valence-corrected chi connectivity index (χ0v) is 12.8. The van der Waals surface area contributed by atoms with Crippen LogP contribution in [0.15, 0.2) is 28.7 Å². The van der Waals surface area contributed by atoms with Crippen LogP contribution in [-0.4, -0.2) is 22.7 Å². The van der Waals surface area contributed by atoms with Gasteiger partial charge >= 0.3 is 6.03 Å². The van der Waals surface area contributed by atoms with E-state index in [9.17, 15) is 14.4 Å². The molecule has 1 saturated heterocycles. The zero-order valence-electron chi connectivity index (χ0n) is 11.2. The van der Waals surface area contributed by atoms with Crippen molar-refractivity contribution in [1.82, 2.24) is 10.2 Å². The van der Waals surface area contributed by atoms with Gasteiger partial charge in [0.2, 0.25) is 11.8 Å². The molecule has 1 aliphatic rings. The number of hydrogen-bond acceptors (Lipinski definition) is 3. The number of halogens is 1. The van der Waals surface area contributed by atoms with Gasteiger partial charge in [0.05, 0.1) is 6.54 Å². The lowest BCUT2D eigenvalue weighted by Crippen LogP contribution is -2.58. The Morgan fingerprint density at radius 3 is 2.60 bits per heavy atom. The number of benzene rings is 1. The Labute approximate surface area is 125 Å². The molecule has 2 rings (SSSR count). The number of hydrogen-bond donors (Lipinski definition) is 1. The Morgan fingerprint density at radius 1 is 1.30 bits per heavy atom. The molecular formula is C14H15BrN2O3. The number of urea groups is 1. The summed E-state index contributed by atoms with van der Waals surface area (Å²) in [5.41, 5.74) is 0.819.